The number of imidazole rings is 1. The number of para-hydroxylation sites is 3. The third-order valence-corrected chi connectivity index (χ3v) is 6.14. The molecule has 1 atom stereocenters. The summed E-state index contributed by atoms with van der Waals surface area (Å²) in [6.07, 6.45) is 3.31. The van der Waals surface area contributed by atoms with E-state index < -0.39 is 0 Å². The topological polar surface area (TPSA) is 59.4 Å². The van der Waals surface area contributed by atoms with Gasteiger partial charge in [0.15, 0.2) is 0 Å². The maximum absolute atomic E-state index is 13.8. The summed E-state index contributed by atoms with van der Waals surface area (Å²) < 4.78 is 7.85. The first-order valence-corrected chi connectivity index (χ1v) is 10.6. The summed E-state index contributed by atoms with van der Waals surface area (Å²) in [4.78, 5) is 20.6. The molecule has 30 heavy (non-hydrogen) atoms. The van der Waals surface area contributed by atoms with Gasteiger partial charge in [-0.3, -0.25) is 9.36 Å². The minimum Gasteiger partial charge on any atom is -0.496 e. The predicted octanol–water partition coefficient (Wildman–Crippen LogP) is 4.35. The second-order valence-corrected chi connectivity index (χ2v) is 7.96. The van der Waals surface area contributed by atoms with Crippen LogP contribution in [-0.4, -0.2) is 40.6 Å². The Hall–Kier alpha value is -3.28. The molecular weight excluding hydrogens is 376 g/mol. The smallest absolute Gasteiger partial charge is 0.254 e. The molecule has 0 radical (unpaired) electrons. The molecule has 0 aliphatic carbocycles. The third-order valence-electron chi connectivity index (χ3n) is 6.14. The van der Waals surface area contributed by atoms with Crippen molar-refractivity contribution in [2.75, 3.05) is 25.5 Å². The molecule has 1 N–H and O–H groups in total. The molecule has 0 spiro atoms. The first-order chi connectivity index (χ1) is 14.7. The largest absolute Gasteiger partial charge is 0.496 e. The van der Waals surface area contributed by atoms with E-state index in [-0.39, 0.29) is 11.9 Å². The molecule has 2 aliphatic rings. The molecule has 0 bridgehead atoms. The zero-order valence-electron chi connectivity index (χ0n) is 17.4. The van der Waals surface area contributed by atoms with Gasteiger partial charge in [-0.1, -0.05) is 30.3 Å². The van der Waals surface area contributed by atoms with E-state index in [2.05, 4.69) is 16.0 Å². The number of hydrogen-bond acceptors (Lipinski definition) is 4. The number of hydrogen-bond donors (Lipinski definition) is 1. The van der Waals surface area contributed by atoms with Gasteiger partial charge in [-0.05, 0) is 44.4 Å². The minimum absolute atomic E-state index is 0.0963. The van der Waals surface area contributed by atoms with Gasteiger partial charge < -0.3 is 15.0 Å². The van der Waals surface area contributed by atoms with E-state index in [1.54, 1.807) is 7.11 Å². The summed E-state index contributed by atoms with van der Waals surface area (Å²) in [7, 11) is 1.68. The zero-order chi connectivity index (χ0) is 20.7. The van der Waals surface area contributed by atoms with Gasteiger partial charge in [0.05, 0.1) is 29.8 Å². The summed E-state index contributed by atoms with van der Waals surface area (Å²) in [5.41, 5.74) is 4.47. The molecule has 1 saturated heterocycles. The van der Waals surface area contributed by atoms with Crippen LogP contribution in [-0.2, 0) is 4.79 Å². The standard InChI is InChI=1S/C24H26N4O2/c1-16-21(23(29)27-14-8-3-9-15-27)22(17-10-4-7-13-20(17)30-2)28-19-12-6-5-11-18(19)26-24(28)25-16/h4-7,10-13,22H,3,8-9,14-15H2,1-2H3,(H,25,26)/t22-/m1/s1. The van der Waals surface area contributed by atoms with Crippen LogP contribution in [0.5, 0.6) is 5.75 Å². The highest BCUT2D eigenvalue weighted by Crippen LogP contribution is 2.42. The molecule has 1 amide bonds. The summed E-state index contributed by atoms with van der Waals surface area (Å²) >= 11 is 0. The maximum atomic E-state index is 13.8. The fourth-order valence-corrected chi connectivity index (χ4v) is 4.69. The molecule has 0 unspecified atom stereocenters. The first-order valence-electron chi connectivity index (χ1n) is 10.6. The lowest BCUT2D eigenvalue weighted by Crippen LogP contribution is -2.40. The van der Waals surface area contributed by atoms with Crippen molar-refractivity contribution in [3.63, 3.8) is 0 Å². The second-order valence-electron chi connectivity index (χ2n) is 7.96. The highest BCUT2D eigenvalue weighted by Gasteiger charge is 2.37. The molecule has 1 fully saturated rings. The quantitative estimate of drug-likeness (QED) is 0.708. The highest BCUT2D eigenvalue weighted by atomic mass is 16.5. The summed E-state index contributed by atoms with van der Waals surface area (Å²) in [6, 6.07) is 15.7. The van der Waals surface area contributed by atoms with Crippen molar-refractivity contribution in [3.8, 4) is 5.75 Å². The van der Waals surface area contributed by atoms with Crippen LogP contribution in [0.25, 0.3) is 11.0 Å². The van der Waals surface area contributed by atoms with E-state index >= 15 is 0 Å². The van der Waals surface area contributed by atoms with Crippen molar-refractivity contribution >= 4 is 22.9 Å². The SMILES string of the molecule is COc1ccccc1[C@@H]1C(C(=O)N2CCCCC2)=C(C)Nc2nc3ccccc3n21. The van der Waals surface area contributed by atoms with Crippen molar-refractivity contribution in [1.82, 2.24) is 14.5 Å². The van der Waals surface area contributed by atoms with Gasteiger partial charge in [-0.15, -0.1) is 0 Å². The van der Waals surface area contributed by atoms with Gasteiger partial charge in [-0.2, -0.15) is 0 Å². The monoisotopic (exact) mass is 402 g/mol. The molecule has 2 aliphatic heterocycles. The molecule has 6 nitrogen and oxygen atoms in total. The average Bonchev–Trinajstić information content (AvgIpc) is 3.16. The summed E-state index contributed by atoms with van der Waals surface area (Å²) in [6.45, 7) is 3.60. The molecule has 3 heterocycles. The summed E-state index contributed by atoms with van der Waals surface area (Å²) in [5, 5.41) is 3.40. The van der Waals surface area contributed by atoms with Gasteiger partial charge >= 0.3 is 0 Å². The van der Waals surface area contributed by atoms with Crippen molar-refractivity contribution < 1.29 is 9.53 Å². The molecule has 3 aromatic rings. The number of fused-ring (bicyclic) bond motifs is 3. The van der Waals surface area contributed by atoms with Crippen molar-refractivity contribution in [3.05, 3.63) is 65.4 Å². The van der Waals surface area contributed by atoms with Crippen LogP contribution < -0.4 is 10.1 Å². The Labute approximate surface area is 176 Å². The van der Waals surface area contributed by atoms with E-state index in [0.29, 0.717) is 0 Å². The summed E-state index contributed by atoms with van der Waals surface area (Å²) in [5.74, 6) is 1.61. The number of likely N-dealkylation sites (tertiary alicyclic amines) is 1. The van der Waals surface area contributed by atoms with Crippen molar-refractivity contribution in [2.24, 2.45) is 0 Å². The number of ether oxygens (including phenoxy) is 1. The normalized spacial score (nSPS) is 18.9. The fraction of sp³-hybridized carbons (Fsp3) is 0.333. The van der Waals surface area contributed by atoms with Gasteiger partial charge in [0.2, 0.25) is 5.95 Å². The highest BCUT2D eigenvalue weighted by molar-refractivity contribution is 5.98. The molecule has 5 rings (SSSR count). The van der Waals surface area contributed by atoms with Crippen LogP contribution >= 0.6 is 0 Å². The van der Waals surface area contributed by atoms with Crippen LogP contribution in [0.4, 0.5) is 5.95 Å². The number of aromatic nitrogens is 2. The van der Waals surface area contributed by atoms with Crippen LogP contribution in [0.1, 0.15) is 37.8 Å². The number of carbonyl (C=O) groups excluding carboxylic acids is 1. The number of carbonyl (C=O) groups is 1. The average molecular weight is 402 g/mol. The molecule has 0 saturated carbocycles. The van der Waals surface area contributed by atoms with Gasteiger partial charge in [-0.25, -0.2) is 4.98 Å². The van der Waals surface area contributed by atoms with Gasteiger partial charge in [0, 0.05) is 24.4 Å². The number of allylic oxidation sites excluding steroid dienone is 1. The number of nitrogens with one attached hydrogen (secondary N) is 1. The Balaban J connectivity index is 1.73. The Morgan fingerprint density at radius 2 is 1.80 bits per heavy atom. The number of piperidine rings is 1. The lowest BCUT2D eigenvalue weighted by molar-refractivity contribution is -0.128. The van der Waals surface area contributed by atoms with Gasteiger partial charge in [0.25, 0.3) is 5.91 Å². The predicted molar refractivity (Wildman–Crippen MR) is 118 cm³/mol. The minimum atomic E-state index is -0.306. The van der Waals surface area contributed by atoms with E-state index in [1.165, 1.54) is 6.42 Å². The van der Waals surface area contributed by atoms with E-state index in [1.807, 2.05) is 54.3 Å². The number of methoxy groups -OCH3 is 1. The van der Waals surface area contributed by atoms with Crippen molar-refractivity contribution in [1.29, 1.82) is 0 Å². The number of anilines is 1. The third kappa shape index (κ3) is 2.95. The van der Waals surface area contributed by atoms with Gasteiger partial charge in [0.1, 0.15) is 5.75 Å². The Morgan fingerprint density at radius 3 is 2.60 bits per heavy atom. The number of amides is 1. The number of benzene rings is 2. The van der Waals surface area contributed by atoms with E-state index in [0.717, 1.165) is 65.5 Å². The first kappa shape index (κ1) is 18.7. The molecule has 2 aromatic carbocycles. The fourth-order valence-electron chi connectivity index (χ4n) is 4.69. The Bertz CT molecular complexity index is 1140. The lowest BCUT2D eigenvalue weighted by atomic mass is 9.92. The maximum Gasteiger partial charge on any atom is 0.254 e. The van der Waals surface area contributed by atoms with Crippen LogP contribution in [0.15, 0.2) is 59.8 Å². The van der Waals surface area contributed by atoms with E-state index in [4.69, 9.17) is 9.72 Å². The molecule has 1 aromatic heterocycles. The molecular formula is C24H26N4O2. The van der Waals surface area contributed by atoms with Crippen LogP contribution in [0.3, 0.4) is 0 Å². The zero-order valence-corrected chi connectivity index (χ0v) is 17.4. The number of nitrogens with zero attached hydrogens (tertiary/aromatic N) is 3. The second kappa shape index (κ2) is 7.52. The Morgan fingerprint density at radius 1 is 1.07 bits per heavy atom. The van der Waals surface area contributed by atoms with Crippen LogP contribution in [0.2, 0.25) is 0 Å². The number of rotatable bonds is 3. The van der Waals surface area contributed by atoms with E-state index in [9.17, 15) is 4.79 Å². The lowest BCUT2D eigenvalue weighted by Gasteiger charge is -2.35. The molecule has 154 valence electrons. The van der Waals surface area contributed by atoms with Crippen LogP contribution in [0, 0.1) is 0 Å². The van der Waals surface area contributed by atoms with Crippen molar-refractivity contribution in [2.45, 2.75) is 32.2 Å². The molecule has 6 heteroatoms. The Kier molecular flexibility index (Phi) is 4.69.